The summed E-state index contributed by atoms with van der Waals surface area (Å²) in [6.45, 7) is 1.39. The van der Waals surface area contributed by atoms with E-state index in [4.69, 9.17) is 10.2 Å². The predicted molar refractivity (Wildman–Crippen MR) is 38.4 cm³/mol. The Morgan fingerprint density at radius 1 is 1.45 bits per heavy atom. The average molecular weight is 155 g/mol. The molecule has 0 aromatic carbocycles. The van der Waals surface area contributed by atoms with Gasteiger partial charge in [-0.2, -0.15) is 0 Å². The van der Waals surface area contributed by atoms with E-state index in [1.807, 2.05) is 0 Å². The van der Waals surface area contributed by atoms with Crippen molar-refractivity contribution >= 4 is 5.78 Å². The van der Waals surface area contributed by atoms with Crippen LogP contribution in [0.5, 0.6) is 11.8 Å². The molecule has 0 aliphatic carbocycles. The monoisotopic (exact) mass is 155 g/mol. The molecule has 0 saturated heterocycles. The molecule has 0 spiro atoms. The topological polar surface area (TPSA) is 62.5 Å². The Labute approximate surface area is 63.7 Å². The van der Waals surface area contributed by atoms with Gasteiger partial charge in [-0.15, -0.1) is 0 Å². The van der Waals surface area contributed by atoms with E-state index >= 15 is 0 Å². The van der Waals surface area contributed by atoms with E-state index in [0.717, 1.165) is 4.57 Å². The van der Waals surface area contributed by atoms with E-state index in [-0.39, 0.29) is 24.1 Å². The normalized spacial score (nSPS) is 9.91. The summed E-state index contributed by atoms with van der Waals surface area (Å²) in [5, 5.41) is 18.1. The summed E-state index contributed by atoms with van der Waals surface area (Å²) < 4.78 is 1.13. The van der Waals surface area contributed by atoms with Crippen LogP contribution in [-0.2, 0) is 11.3 Å². The first-order chi connectivity index (χ1) is 5.11. The van der Waals surface area contributed by atoms with Crippen molar-refractivity contribution in [3.8, 4) is 11.8 Å². The second-order valence-electron chi connectivity index (χ2n) is 2.34. The largest absolute Gasteiger partial charge is 0.494 e. The molecule has 0 aliphatic rings. The Kier molecular flexibility index (Phi) is 1.85. The second kappa shape index (κ2) is 2.65. The van der Waals surface area contributed by atoms with Gasteiger partial charge in [0.1, 0.15) is 5.78 Å². The molecule has 0 unspecified atom stereocenters. The molecular formula is C7H9NO3. The van der Waals surface area contributed by atoms with Gasteiger partial charge in [-0.25, -0.2) is 0 Å². The van der Waals surface area contributed by atoms with Crippen molar-refractivity contribution in [2.75, 3.05) is 0 Å². The van der Waals surface area contributed by atoms with Crippen molar-refractivity contribution in [3.63, 3.8) is 0 Å². The highest BCUT2D eigenvalue weighted by Gasteiger charge is 2.06. The molecule has 4 nitrogen and oxygen atoms in total. The quantitative estimate of drug-likeness (QED) is 0.653. The predicted octanol–water partition coefficient (Wildman–Crippen LogP) is 0.488. The molecule has 1 rings (SSSR count). The van der Waals surface area contributed by atoms with Crippen LogP contribution in [0.2, 0.25) is 0 Å². The van der Waals surface area contributed by atoms with Crippen LogP contribution in [0, 0.1) is 0 Å². The van der Waals surface area contributed by atoms with Crippen molar-refractivity contribution in [2.24, 2.45) is 0 Å². The molecule has 60 valence electrons. The molecule has 0 radical (unpaired) electrons. The first-order valence-electron chi connectivity index (χ1n) is 3.18. The molecule has 0 aliphatic heterocycles. The molecule has 11 heavy (non-hydrogen) atoms. The molecule has 0 saturated carbocycles. The summed E-state index contributed by atoms with van der Waals surface area (Å²) in [7, 11) is 0. The molecule has 1 aromatic heterocycles. The molecule has 1 aromatic rings. The van der Waals surface area contributed by atoms with Crippen LogP contribution in [0.1, 0.15) is 6.92 Å². The maximum Gasteiger partial charge on any atom is 0.194 e. The van der Waals surface area contributed by atoms with E-state index in [9.17, 15) is 4.79 Å². The van der Waals surface area contributed by atoms with E-state index < -0.39 is 0 Å². The molecule has 0 amide bonds. The Morgan fingerprint density at radius 3 is 2.27 bits per heavy atom. The molecule has 0 bridgehead atoms. The van der Waals surface area contributed by atoms with Gasteiger partial charge in [0.15, 0.2) is 11.8 Å². The van der Waals surface area contributed by atoms with Gasteiger partial charge in [-0.3, -0.25) is 9.36 Å². The second-order valence-corrected chi connectivity index (χ2v) is 2.34. The van der Waals surface area contributed by atoms with Crippen molar-refractivity contribution in [3.05, 3.63) is 12.1 Å². The van der Waals surface area contributed by atoms with Gasteiger partial charge in [0.25, 0.3) is 0 Å². The summed E-state index contributed by atoms with van der Waals surface area (Å²) in [5.41, 5.74) is 0. The summed E-state index contributed by atoms with van der Waals surface area (Å²) in [4.78, 5) is 10.6. The molecule has 0 fully saturated rings. The minimum Gasteiger partial charge on any atom is -0.494 e. The number of hydrogen-bond acceptors (Lipinski definition) is 3. The smallest absolute Gasteiger partial charge is 0.194 e. The van der Waals surface area contributed by atoms with Gasteiger partial charge in [0, 0.05) is 12.1 Å². The fraction of sp³-hybridized carbons (Fsp3) is 0.286. The molecule has 4 heteroatoms. The third kappa shape index (κ3) is 1.52. The van der Waals surface area contributed by atoms with Gasteiger partial charge in [0.2, 0.25) is 0 Å². The van der Waals surface area contributed by atoms with Crippen LogP contribution in [0.25, 0.3) is 0 Å². The van der Waals surface area contributed by atoms with Crippen molar-refractivity contribution in [2.45, 2.75) is 13.5 Å². The number of aromatic nitrogens is 1. The summed E-state index contributed by atoms with van der Waals surface area (Å²) in [5.74, 6) is -0.317. The Bertz CT molecular complexity index is 258. The zero-order valence-electron chi connectivity index (χ0n) is 6.11. The van der Waals surface area contributed by atoms with Crippen molar-refractivity contribution in [1.82, 2.24) is 4.57 Å². The number of rotatable bonds is 2. The first kappa shape index (κ1) is 7.65. The number of ketones is 1. The fourth-order valence-corrected chi connectivity index (χ4v) is 0.831. The maximum absolute atomic E-state index is 10.6. The third-order valence-electron chi connectivity index (χ3n) is 1.32. The van der Waals surface area contributed by atoms with Gasteiger partial charge >= 0.3 is 0 Å². The van der Waals surface area contributed by atoms with Crippen LogP contribution in [0.4, 0.5) is 0 Å². The number of carbonyl (C=O) groups is 1. The minimum atomic E-state index is -0.119. The number of Topliss-reactive ketones (excluding diaryl/α,β-unsaturated/α-hetero) is 1. The van der Waals surface area contributed by atoms with Gasteiger partial charge in [0.05, 0.1) is 6.54 Å². The van der Waals surface area contributed by atoms with Gasteiger partial charge < -0.3 is 10.2 Å². The lowest BCUT2D eigenvalue weighted by Crippen LogP contribution is -2.04. The zero-order valence-corrected chi connectivity index (χ0v) is 6.11. The van der Waals surface area contributed by atoms with Crippen LogP contribution in [0.15, 0.2) is 12.1 Å². The maximum atomic E-state index is 10.6. The highest BCUT2D eigenvalue weighted by molar-refractivity contribution is 5.75. The lowest BCUT2D eigenvalue weighted by atomic mass is 10.4. The standard InChI is InChI=1S/C7H9NO3/c1-5(9)4-8-6(10)2-3-7(8)11/h2-3,10-11H,4H2,1H3. The van der Waals surface area contributed by atoms with E-state index in [1.165, 1.54) is 19.1 Å². The number of hydrogen-bond donors (Lipinski definition) is 2. The summed E-state index contributed by atoms with van der Waals surface area (Å²) in [6, 6.07) is 2.66. The van der Waals surface area contributed by atoms with Crippen molar-refractivity contribution in [1.29, 1.82) is 0 Å². The summed E-state index contributed by atoms with van der Waals surface area (Å²) >= 11 is 0. The Hall–Kier alpha value is -1.45. The van der Waals surface area contributed by atoms with Crippen molar-refractivity contribution < 1.29 is 15.0 Å². The highest BCUT2D eigenvalue weighted by Crippen LogP contribution is 2.20. The number of carbonyl (C=O) groups excluding carboxylic acids is 1. The first-order valence-corrected chi connectivity index (χ1v) is 3.18. The van der Waals surface area contributed by atoms with Crippen LogP contribution >= 0.6 is 0 Å². The fourth-order valence-electron chi connectivity index (χ4n) is 0.831. The molecular weight excluding hydrogens is 146 g/mol. The molecule has 1 heterocycles. The Morgan fingerprint density at radius 2 is 1.91 bits per heavy atom. The van der Waals surface area contributed by atoms with Gasteiger partial charge in [-0.1, -0.05) is 0 Å². The minimum absolute atomic E-state index is 0.00463. The van der Waals surface area contributed by atoms with Crippen LogP contribution < -0.4 is 0 Å². The molecule has 2 N–H and O–H groups in total. The number of nitrogens with zero attached hydrogens (tertiary/aromatic N) is 1. The summed E-state index contributed by atoms with van der Waals surface area (Å²) in [6.07, 6.45) is 0. The SMILES string of the molecule is CC(=O)Cn1c(O)ccc1O. The van der Waals surface area contributed by atoms with Crippen LogP contribution in [0.3, 0.4) is 0 Å². The Balaban J connectivity index is 2.92. The van der Waals surface area contributed by atoms with Gasteiger partial charge in [-0.05, 0) is 6.92 Å². The zero-order chi connectivity index (χ0) is 8.43. The average Bonchev–Trinajstić information content (AvgIpc) is 2.18. The lowest BCUT2D eigenvalue weighted by molar-refractivity contribution is -0.117. The lowest BCUT2D eigenvalue weighted by Gasteiger charge is -2.01. The van der Waals surface area contributed by atoms with Crippen LogP contribution in [-0.4, -0.2) is 20.6 Å². The van der Waals surface area contributed by atoms with E-state index in [0.29, 0.717) is 0 Å². The van der Waals surface area contributed by atoms with E-state index in [2.05, 4.69) is 0 Å². The highest BCUT2D eigenvalue weighted by atomic mass is 16.3. The molecule has 0 atom stereocenters. The number of aromatic hydroxyl groups is 2. The van der Waals surface area contributed by atoms with E-state index in [1.54, 1.807) is 0 Å². The third-order valence-corrected chi connectivity index (χ3v) is 1.32.